The molecule has 1 aromatic heterocycles. The van der Waals surface area contributed by atoms with Crippen LogP contribution >= 0.6 is 11.6 Å². The molecule has 0 atom stereocenters. The molecule has 0 spiro atoms. The standard InChI is InChI=1S/C13H10ClFN4/c1-7-12(14)17-8(2)18-13(7)19-10-3-4-11(15)9(5-10)6-16/h3-5H,1-2H3,(H,17,18,19). The SMILES string of the molecule is Cc1nc(Cl)c(C)c(Nc2ccc(F)c(C#N)c2)n1. The summed E-state index contributed by atoms with van der Waals surface area (Å²) in [6.07, 6.45) is 0. The van der Waals surface area contributed by atoms with E-state index in [0.717, 1.165) is 0 Å². The van der Waals surface area contributed by atoms with Crippen LogP contribution in [0.1, 0.15) is 17.0 Å². The topological polar surface area (TPSA) is 61.6 Å². The van der Waals surface area contributed by atoms with Crippen LogP contribution in [0, 0.1) is 31.0 Å². The smallest absolute Gasteiger partial charge is 0.141 e. The summed E-state index contributed by atoms with van der Waals surface area (Å²) in [5.41, 5.74) is 1.23. The van der Waals surface area contributed by atoms with Crippen LogP contribution in [0.15, 0.2) is 18.2 Å². The van der Waals surface area contributed by atoms with E-state index in [4.69, 9.17) is 16.9 Å². The maximum Gasteiger partial charge on any atom is 0.141 e. The monoisotopic (exact) mass is 276 g/mol. The molecule has 0 fully saturated rings. The lowest BCUT2D eigenvalue weighted by Gasteiger charge is -2.10. The number of aromatic nitrogens is 2. The first-order chi connectivity index (χ1) is 9.01. The molecule has 96 valence electrons. The van der Waals surface area contributed by atoms with Gasteiger partial charge in [-0.25, -0.2) is 14.4 Å². The lowest BCUT2D eigenvalue weighted by molar-refractivity contribution is 0.624. The highest BCUT2D eigenvalue weighted by Crippen LogP contribution is 2.24. The third-order valence-corrected chi connectivity index (χ3v) is 2.92. The minimum atomic E-state index is -0.554. The first kappa shape index (κ1) is 13.2. The third kappa shape index (κ3) is 2.80. The van der Waals surface area contributed by atoms with Gasteiger partial charge in [-0.15, -0.1) is 0 Å². The van der Waals surface area contributed by atoms with Crippen LogP contribution in [0.2, 0.25) is 5.15 Å². The van der Waals surface area contributed by atoms with Crippen molar-refractivity contribution in [3.8, 4) is 6.07 Å². The molecule has 1 aromatic carbocycles. The van der Waals surface area contributed by atoms with Crippen molar-refractivity contribution in [2.45, 2.75) is 13.8 Å². The number of nitrogens with zero attached hydrogens (tertiary/aromatic N) is 3. The van der Waals surface area contributed by atoms with Gasteiger partial charge in [0.25, 0.3) is 0 Å². The summed E-state index contributed by atoms with van der Waals surface area (Å²) < 4.78 is 13.2. The van der Waals surface area contributed by atoms with Crippen LogP contribution in [-0.4, -0.2) is 9.97 Å². The van der Waals surface area contributed by atoms with Crippen LogP contribution in [0.3, 0.4) is 0 Å². The van der Waals surface area contributed by atoms with Crippen LogP contribution < -0.4 is 5.32 Å². The second-order valence-electron chi connectivity index (χ2n) is 3.97. The molecule has 0 aliphatic carbocycles. The average Bonchev–Trinajstić information content (AvgIpc) is 2.37. The number of halogens is 2. The number of nitriles is 1. The number of rotatable bonds is 2. The van der Waals surface area contributed by atoms with Crippen molar-refractivity contribution in [3.05, 3.63) is 46.1 Å². The quantitative estimate of drug-likeness (QED) is 0.853. The Morgan fingerprint density at radius 2 is 2.05 bits per heavy atom. The van der Waals surface area contributed by atoms with Gasteiger partial charge in [0.2, 0.25) is 0 Å². The summed E-state index contributed by atoms with van der Waals surface area (Å²) in [5.74, 6) is 0.510. The number of hydrogen-bond acceptors (Lipinski definition) is 4. The van der Waals surface area contributed by atoms with Crippen molar-refractivity contribution >= 4 is 23.1 Å². The van der Waals surface area contributed by atoms with E-state index >= 15 is 0 Å². The normalized spacial score (nSPS) is 10.1. The van der Waals surface area contributed by atoms with Gasteiger partial charge in [-0.05, 0) is 32.0 Å². The predicted molar refractivity (Wildman–Crippen MR) is 70.9 cm³/mol. The Kier molecular flexibility index (Phi) is 3.63. The van der Waals surface area contributed by atoms with Gasteiger partial charge in [-0.2, -0.15) is 5.26 Å². The third-order valence-electron chi connectivity index (χ3n) is 2.55. The van der Waals surface area contributed by atoms with Gasteiger partial charge >= 0.3 is 0 Å². The zero-order valence-corrected chi connectivity index (χ0v) is 11.1. The lowest BCUT2D eigenvalue weighted by atomic mass is 10.2. The molecule has 0 saturated carbocycles. The van der Waals surface area contributed by atoms with E-state index in [1.165, 1.54) is 18.2 Å². The fourth-order valence-electron chi connectivity index (χ4n) is 1.54. The summed E-state index contributed by atoms with van der Waals surface area (Å²) in [6.45, 7) is 3.50. The summed E-state index contributed by atoms with van der Waals surface area (Å²) in [7, 11) is 0. The van der Waals surface area contributed by atoms with Gasteiger partial charge in [0.05, 0.1) is 5.56 Å². The van der Waals surface area contributed by atoms with E-state index in [0.29, 0.717) is 28.0 Å². The van der Waals surface area contributed by atoms with Crippen molar-refractivity contribution in [3.63, 3.8) is 0 Å². The highest BCUT2D eigenvalue weighted by atomic mass is 35.5. The van der Waals surface area contributed by atoms with E-state index in [2.05, 4.69) is 15.3 Å². The Balaban J connectivity index is 2.39. The molecular formula is C13H10ClFN4. The summed E-state index contributed by atoms with van der Waals surface area (Å²) in [5, 5.41) is 12.1. The number of nitrogens with one attached hydrogen (secondary N) is 1. The van der Waals surface area contributed by atoms with Crippen LogP contribution in [0.25, 0.3) is 0 Å². The van der Waals surface area contributed by atoms with Crippen LogP contribution in [0.5, 0.6) is 0 Å². The molecule has 0 radical (unpaired) electrons. The molecule has 2 aromatic rings. The first-order valence-electron chi connectivity index (χ1n) is 5.48. The van der Waals surface area contributed by atoms with E-state index in [-0.39, 0.29) is 5.56 Å². The number of benzene rings is 1. The van der Waals surface area contributed by atoms with E-state index in [9.17, 15) is 4.39 Å². The van der Waals surface area contributed by atoms with Gasteiger partial charge in [0.1, 0.15) is 28.7 Å². The second-order valence-corrected chi connectivity index (χ2v) is 4.32. The Hall–Kier alpha value is -2.19. The van der Waals surface area contributed by atoms with E-state index in [1.54, 1.807) is 19.9 Å². The predicted octanol–water partition coefficient (Wildman–Crippen LogP) is 3.50. The van der Waals surface area contributed by atoms with Crippen LogP contribution in [0.4, 0.5) is 15.9 Å². The molecule has 0 amide bonds. The first-order valence-corrected chi connectivity index (χ1v) is 5.86. The maximum atomic E-state index is 13.2. The molecule has 0 bridgehead atoms. The minimum Gasteiger partial charge on any atom is -0.340 e. The average molecular weight is 277 g/mol. The number of anilines is 2. The molecule has 0 saturated heterocycles. The molecule has 19 heavy (non-hydrogen) atoms. The fourth-order valence-corrected chi connectivity index (χ4v) is 1.75. The molecule has 2 rings (SSSR count). The van der Waals surface area contributed by atoms with E-state index < -0.39 is 5.82 Å². The maximum absolute atomic E-state index is 13.2. The van der Waals surface area contributed by atoms with Crippen molar-refractivity contribution in [1.82, 2.24) is 9.97 Å². The largest absolute Gasteiger partial charge is 0.340 e. The zero-order valence-electron chi connectivity index (χ0n) is 10.3. The van der Waals surface area contributed by atoms with Gasteiger partial charge in [-0.3, -0.25) is 0 Å². The Morgan fingerprint density at radius 1 is 1.32 bits per heavy atom. The van der Waals surface area contributed by atoms with Crippen molar-refractivity contribution in [1.29, 1.82) is 5.26 Å². The van der Waals surface area contributed by atoms with Gasteiger partial charge < -0.3 is 5.32 Å². The van der Waals surface area contributed by atoms with Gasteiger partial charge in [0, 0.05) is 11.3 Å². The highest BCUT2D eigenvalue weighted by molar-refractivity contribution is 6.30. The molecule has 0 aliphatic heterocycles. The van der Waals surface area contributed by atoms with Crippen LogP contribution in [-0.2, 0) is 0 Å². The molecule has 6 heteroatoms. The molecule has 0 aliphatic rings. The minimum absolute atomic E-state index is 0.0282. The van der Waals surface area contributed by atoms with E-state index in [1.807, 2.05) is 0 Å². The van der Waals surface area contributed by atoms with Gasteiger partial charge in [-0.1, -0.05) is 11.6 Å². The second kappa shape index (κ2) is 5.21. The highest BCUT2D eigenvalue weighted by Gasteiger charge is 2.09. The van der Waals surface area contributed by atoms with Crippen molar-refractivity contribution < 1.29 is 4.39 Å². The van der Waals surface area contributed by atoms with Crippen molar-refractivity contribution in [2.24, 2.45) is 0 Å². The lowest BCUT2D eigenvalue weighted by Crippen LogP contribution is -2.01. The number of hydrogen-bond donors (Lipinski definition) is 1. The molecule has 0 unspecified atom stereocenters. The van der Waals surface area contributed by atoms with Gasteiger partial charge in [0.15, 0.2) is 0 Å². The Labute approximate surface area is 114 Å². The zero-order chi connectivity index (χ0) is 14.0. The fraction of sp³-hybridized carbons (Fsp3) is 0.154. The van der Waals surface area contributed by atoms with Crippen molar-refractivity contribution in [2.75, 3.05) is 5.32 Å². The summed E-state index contributed by atoms with van der Waals surface area (Å²) in [6, 6.07) is 5.96. The molecule has 4 nitrogen and oxygen atoms in total. The molecule has 1 heterocycles. The number of aryl methyl sites for hydroxylation is 1. The Morgan fingerprint density at radius 3 is 2.74 bits per heavy atom. The Bertz CT molecular complexity index is 679. The summed E-state index contributed by atoms with van der Waals surface area (Å²) >= 11 is 5.97. The molecular weight excluding hydrogens is 267 g/mol. The molecule has 1 N–H and O–H groups in total. The summed E-state index contributed by atoms with van der Waals surface area (Å²) in [4.78, 5) is 8.25.